The number of hydrogen-bond acceptors (Lipinski definition) is 2. The average Bonchev–Trinajstić information content (AvgIpc) is 2.57. The Bertz CT molecular complexity index is 827. The molecule has 0 aliphatic heterocycles. The van der Waals surface area contributed by atoms with Gasteiger partial charge in [0.1, 0.15) is 5.75 Å². The van der Waals surface area contributed by atoms with Gasteiger partial charge in [-0.2, -0.15) is 0 Å². The third-order valence-corrected chi connectivity index (χ3v) is 3.68. The maximum atomic E-state index is 5.61. The van der Waals surface area contributed by atoms with Crippen LogP contribution in [0.1, 0.15) is 6.92 Å². The Morgan fingerprint density at radius 1 is 0.870 bits per heavy atom. The largest absolute Gasteiger partial charge is 0.492 e. The van der Waals surface area contributed by atoms with Crippen molar-refractivity contribution in [2.45, 2.75) is 6.92 Å². The van der Waals surface area contributed by atoms with Crippen molar-refractivity contribution in [2.75, 3.05) is 17.2 Å². The number of anilines is 2. The lowest BCUT2D eigenvalue weighted by atomic mass is 10.1. The Kier molecular flexibility index (Phi) is 4.74. The smallest absolute Gasteiger partial charge is 0.175 e. The van der Waals surface area contributed by atoms with Crippen molar-refractivity contribution < 1.29 is 4.74 Å². The third kappa shape index (κ3) is 3.60. The van der Waals surface area contributed by atoms with E-state index in [4.69, 9.17) is 17.0 Å². The Labute approximate surface area is 141 Å². The van der Waals surface area contributed by atoms with E-state index in [0.29, 0.717) is 11.7 Å². The lowest BCUT2D eigenvalue weighted by Crippen LogP contribution is -2.19. The van der Waals surface area contributed by atoms with Gasteiger partial charge < -0.3 is 15.4 Å². The first-order chi connectivity index (χ1) is 11.3. The fraction of sp³-hybridized carbons (Fsp3) is 0.105. The molecule has 0 spiro atoms. The summed E-state index contributed by atoms with van der Waals surface area (Å²) in [6.07, 6.45) is 0. The molecule has 0 heterocycles. The van der Waals surface area contributed by atoms with Gasteiger partial charge in [0.05, 0.1) is 12.3 Å². The molecule has 0 saturated heterocycles. The number of benzene rings is 3. The number of fused-ring (bicyclic) bond motifs is 1. The van der Waals surface area contributed by atoms with Gasteiger partial charge in [-0.05, 0) is 42.7 Å². The number of nitrogens with one attached hydrogen (secondary N) is 2. The van der Waals surface area contributed by atoms with E-state index in [-0.39, 0.29) is 0 Å². The van der Waals surface area contributed by atoms with E-state index in [2.05, 4.69) is 28.8 Å². The van der Waals surface area contributed by atoms with Gasteiger partial charge in [-0.15, -0.1) is 0 Å². The first-order valence-corrected chi connectivity index (χ1v) is 7.96. The SMILES string of the molecule is CCOc1ccccc1NC(=S)Nc1cccc2ccccc12. The number of para-hydroxylation sites is 2. The van der Waals surface area contributed by atoms with E-state index < -0.39 is 0 Å². The van der Waals surface area contributed by atoms with Crippen molar-refractivity contribution in [1.82, 2.24) is 0 Å². The standard InChI is InChI=1S/C19H18N2OS/c1-2-22-18-13-6-5-11-17(18)21-19(23)20-16-12-7-9-14-8-3-4-10-15(14)16/h3-13H,2H2,1H3,(H2,20,21,23). The van der Waals surface area contributed by atoms with Crippen molar-refractivity contribution in [1.29, 1.82) is 0 Å². The Morgan fingerprint density at radius 3 is 2.39 bits per heavy atom. The Morgan fingerprint density at radius 2 is 1.52 bits per heavy atom. The zero-order chi connectivity index (χ0) is 16.1. The first kappa shape index (κ1) is 15.3. The van der Waals surface area contributed by atoms with Crippen LogP contribution in [0.15, 0.2) is 66.7 Å². The molecular weight excluding hydrogens is 304 g/mol. The number of ether oxygens (including phenoxy) is 1. The molecule has 0 bridgehead atoms. The molecule has 0 aromatic heterocycles. The van der Waals surface area contributed by atoms with E-state index in [1.54, 1.807) is 0 Å². The minimum absolute atomic E-state index is 0.536. The second kappa shape index (κ2) is 7.11. The summed E-state index contributed by atoms with van der Waals surface area (Å²) in [5.41, 5.74) is 1.83. The van der Waals surface area contributed by atoms with Gasteiger partial charge in [-0.3, -0.25) is 0 Å². The Balaban J connectivity index is 1.79. The summed E-state index contributed by atoms with van der Waals surface area (Å²) in [4.78, 5) is 0. The van der Waals surface area contributed by atoms with Crippen molar-refractivity contribution in [3.8, 4) is 5.75 Å². The monoisotopic (exact) mass is 322 g/mol. The topological polar surface area (TPSA) is 33.3 Å². The summed E-state index contributed by atoms with van der Waals surface area (Å²) in [6, 6.07) is 22.1. The summed E-state index contributed by atoms with van der Waals surface area (Å²) in [5, 5.41) is 9.32. The summed E-state index contributed by atoms with van der Waals surface area (Å²) in [6.45, 7) is 2.58. The summed E-state index contributed by atoms with van der Waals surface area (Å²) in [5.74, 6) is 0.789. The van der Waals surface area contributed by atoms with Gasteiger partial charge in [0.25, 0.3) is 0 Å². The molecule has 3 rings (SSSR count). The third-order valence-electron chi connectivity index (χ3n) is 3.47. The van der Waals surface area contributed by atoms with Crippen LogP contribution in [0.4, 0.5) is 11.4 Å². The maximum absolute atomic E-state index is 5.61. The van der Waals surface area contributed by atoms with E-state index in [0.717, 1.165) is 22.5 Å². The van der Waals surface area contributed by atoms with Gasteiger partial charge in [0.15, 0.2) is 5.11 Å². The highest BCUT2D eigenvalue weighted by atomic mass is 32.1. The molecular formula is C19H18N2OS. The van der Waals surface area contributed by atoms with Crippen LogP contribution >= 0.6 is 12.2 Å². The highest BCUT2D eigenvalue weighted by Crippen LogP contribution is 2.26. The zero-order valence-electron chi connectivity index (χ0n) is 12.9. The van der Waals surface area contributed by atoms with Crippen molar-refractivity contribution in [2.24, 2.45) is 0 Å². The lowest BCUT2D eigenvalue weighted by Gasteiger charge is -2.15. The molecule has 4 heteroatoms. The van der Waals surface area contributed by atoms with Gasteiger partial charge in [-0.1, -0.05) is 48.5 Å². The van der Waals surface area contributed by atoms with Gasteiger partial charge in [0, 0.05) is 11.1 Å². The molecule has 0 fully saturated rings. The first-order valence-electron chi connectivity index (χ1n) is 7.55. The van der Waals surface area contributed by atoms with Crippen LogP contribution in [0.3, 0.4) is 0 Å². The van der Waals surface area contributed by atoms with Crippen LogP contribution in [0.25, 0.3) is 10.8 Å². The molecule has 0 unspecified atom stereocenters. The molecule has 0 amide bonds. The minimum Gasteiger partial charge on any atom is -0.492 e. The molecule has 0 atom stereocenters. The predicted octanol–water partition coefficient (Wildman–Crippen LogP) is 5.05. The van der Waals surface area contributed by atoms with Crippen LogP contribution in [-0.4, -0.2) is 11.7 Å². The van der Waals surface area contributed by atoms with Crippen LogP contribution in [0.2, 0.25) is 0 Å². The molecule has 0 saturated carbocycles. The highest BCUT2D eigenvalue weighted by molar-refractivity contribution is 7.80. The fourth-order valence-corrected chi connectivity index (χ4v) is 2.68. The second-order valence-corrected chi connectivity index (χ2v) is 5.44. The van der Waals surface area contributed by atoms with E-state index >= 15 is 0 Å². The molecule has 3 aromatic carbocycles. The normalized spacial score (nSPS) is 10.3. The van der Waals surface area contributed by atoms with Gasteiger partial charge >= 0.3 is 0 Å². The summed E-state index contributed by atoms with van der Waals surface area (Å²) < 4.78 is 5.61. The van der Waals surface area contributed by atoms with E-state index in [9.17, 15) is 0 Å². The van der Waals surface area contributed by atoms with Crippen LogP contribution in [0, 0.1) is 0 Å². The van der Waals surface area contributed by atoms with Crippen molar-refractivity contribution in [3.05, 3.63) is 66.7 Å². The highest BCUT2D eigenvalue weighted by Gasteiger charge is 2.06. The molecule has 3 nitrogen and oxygen atoms in total. The lowest BCUT2D eigenvalue weighted by molar-refractivity contribution is 0.342. The number of hydrogen-bond donors (Lipinski definition) is 2. The van der Waals surface area contributed by atoms with Crippen LogP contribution in [0.5, 0.6) is 5.75 Å². The quantitative estimate of drug-likeness (QED) is 0.659. The predicted molar refractivity (Wildman–Crippen MR) is 101 cm³/mol. The summed E-state index contributed by atoms with van der Waals surface area (Å²) in [7, 11) is 0. The number of thiocarbonyl (C=S) groups is 1. The van der Waals surface area contributed by atoms with Crippen molar-refractivity contribution >= 4 is 39.5 Å². The van der Waals surface area contributed by atoms with Gasteiger partial charge in [0.2, 0.25) is 0 Å². The van der Waals surface area contributed by atoms with Crippen LogP contribution < -0.4 is 15.4 Å². The fourth-order valence-electron chi connectivity index (χ4n) is 2.46. The molecule has 0 aliphatic carbocycles. The van der Waals surface area contributed by atoms with E-state index in [1.807, 2.05) is 55.5 Å². The Hall–Kier alpha value is -2.59. The molecule has 23 heavy (non-hydrogen) atoms. The minimum atomic E-state index is 0.536. The summed E-state index contributed by atoms with van der Waals surface area (Å²) >= 11 is 5.45. The average molecular weight is 322 g/mol. The van der Waals surface area contributed by atoms with Gasteiger partial charge in [-0.25, -0.2) is 0 Å². The molecule has 0 radical (unpaired) electrons. The molecule has 116 valence electrons. The molecule has 3 aromatic rings. The van der Waals surface area contributed by atoms with E-state index in [1.165, 1.54) is 5.39 Å². The zero-order valence-corrected chi connectivity index (χ0v) is 13.7. The maximum Gasteiger partial charge on any atom is 0.175 e. The number of rotatable bonds is 4. The second-order valence-electron chi connectivity index (χ2n) is 5.04. The molecule has 2 N–H and O–H groups in total. The van der Waals surface area contributed by atoms with Crippen molar-refractivity contribution in [3.63, 3.8) is 0 Å². The van der Waals surface area contributed by atoms with Crippen LogP contribution in [-0.2, 0) is 0 Å². The molecule has 0 aliphatic rings.